The Morgan fingerprint density at radius 2 is 2.00 bits per heavy atom. The summed E-state index contributed by atoms with van der Waals surface area (Å²) < 4.78 is 11.0. The third-order valence-electron chi connectivity index (χ3n) is 3.36. The number of hydrogen-bond acceptors (Lipinski definition) is 7. The van der Waals surface area contributed by atoms with Crippen LogP contribution in [0.1, 0.15) is 19.8 Å². The Balaban J connectivity index is 2.20. The summed E-state index contributed by atoms with van der Waals surface area (Å²) in [4.78, 5) is 10.3. The van der Waals surface area contributed by atoms with Gasteiger partial charge in [0.1, 0.15) is 12.2 Å². The monoisotopic (exact) mass is 324 g/mol. The van der Waals surface area contributed by atoms with Crippen molar-refractivity contribution in [3.05, 3.63) is 0 Å². The molecule has 0 saturated carbocycles. The summed E-state index contributed by atoms with van der Waals surface area (Å²) in [6, 6.07) is 0. The van der Waals surface area contributed by atoms with Gasteiger partial charge in [-0.1, -0.05) is 6.92 Å². The number of carboxylic acids is 1. The molecule has 4 N–H and O–H groups in total. The number of carboxylic acid groups (broad SMARTS) is 1. The number of rotatable bonds is 9. The smallest absolute Gasteiger partial charge is 0.304 e. The Labute approximate surface area is 128 Å². The second kappa shape index (κ2) is 9.60. The molecule has 0 bridgehead atoms. The second-order valence-corrected chi connectivity index (χ2v) is 6.27. The predicted molar refractivity (Wildman–Crippen MR) is 77.1 cm³/mol. The van der Waals surface area contributed by atoms with Gasteiger partial charge in [-0.2, -0.15) is 11.8 Å². The molecule has 8 heteroatoms. The van der Waals surface area contributed by atoms with Gasteiger partial charge in [-0.05, 0) is 12.2 Å². The average molecular weight is 324 g/mol. The topological polar surface area (TPSA) is 116 Å². The maximum atomic E-state index is 10.3. The second-order valence-electron chi connectivity index (χ2n) is 5.05. The molecule has 7 nitrogen and oxygen atoms in total. The molecule has 0 aromatic carbocycles. The van der Waals surface area contributed by atoms with E-state index >= 15 is 0 Å². The van der Waals surface area contributed by atoms with Gasteiger partial charge in [0.25, 0.3) is 0 Å². The molecule has 0 aromatic heterocycles. The van der Waals surface area contributed by atoms with E-state index in [-0.39, 0.29) is 18.9 Å². The molecule has 1 heterocycles. The summed E-state index contributed by atoms with van der Waals surface area (Å²) >= 11 is 1.54. The minimum absolute atomic E-state index is 0.149. The highest BCUT2D eigenvalue weighted by molar-refractivity contribution is 7.99. The van der Waals surface area contributed by atoms with Gasteiger partial charge in [0.15, 0.2) is 6.29 Å². The summed E-state index contributed by atoms with van der Waals surface area (Å²) in [5, 5.41) is 37.1. The van der Waals surface area contributed by atoms with Gasteiger partial charge in [-0.3, -0.25) is 4.79 Å². The van der Waals surface area contributed by atoms with Crippen LogP contribution in [0.4, 0.5) is 0 Å². The first-order chi connectivity index (χ1) is 9.97. The lowest BCUT2D eigenvalue weighted by molar-refractivity contribution is -0.282. The number of carbonyl (C=O) groups is 1. The van der Waals surface area contributed by atoms with Gasteiger partial charge in [-0.15, -0.1) is 0 Å². The van der Waals surface area contributed by atoms with Crippen molar-refractivity contribution in [2.24, 2.45) is 5.92 Å². The SMILES string of the molecule is CC1[C@@H](OCCCSCCC(=O)O)OC(CO)[C@H](O)[C@@H]1O. The molecule has 0 amide bonds. The standard InChI is InChI=1S/C13H24O7S/c1-8-11(17)12(18)9(7-14)20-13(8)19-4-2-5-21-6-3-10(15)16/h8-9,11-14,17-18H,2-7H2,1H3,(H,15,16)/t8?,9?,11-,12+,13+/m1/s1. The fraction of sp³-hybridized carbons (Fsp3) is 0.923. The molecule has 0 radical (unpaired) electrons. The molecule has 5 atom stereocenters. The van der Waals surface area contributed by atoms with Crippen LogP contribution in [0.25, 0.3) is 0 Å². The minimum Gasteiger partial charge on any atom is -0.481 e. The predicted octanol–water partition coefficient (Wildman–Crippen LogP) is -0.324. The Morgan fingerprint density at radius 1 is 1.29 bits per heavy atom. The van der Waals surface area contributed by atoms with Crippen LogP contribution in [0.3, 0.4) is 0 Å². The number of ether oxygens (including phenoxy) is 2. The lowest BCUT2D eigenvalue weighted by Gasteiger charge is -2.40. The molecule has 1 aliphatic heterocycles. The molecule has 2 unspecified atom stereocenters. The van der Waals surface area contributed by atoms with E-state index in [9.17, 15) is 15.0 Å². The van der Waals surface area contributed by atoms with E-state index in [1.165, 1.54) is 0 Å². The van der Waals surface area contributed by atoms with E-state index < -0.39 is 30.6 Å². The first kappa shape index (κ1) is 18.7. The van der Waals surface area contributed by atoms with Crippen molar-refractivity contribution in [1.29, 1.82) is 0 Å². The number of hydrogen-bond donors (Lipinski definition) is 4. The highest BCUT2D eigenvalue weighted by Crippen LogP contribution is 2.26. The molecular formula is C13H24O7S. The molecular weight excluding hydrogens is 300 g/mol. The van der Waals surface area contributed by atoms with E-state index in [4.69, 9.17) is 19.7 Å². The summed E-state index contributed by atoms with van der Waals surface area (Å²) in [5.41, 5.74) is 0. The van der Waals surface area contributed by atoms with Crippen LogP contribution in [0, 0.1) is 5.92 Å². The van der Waals surface area contributed by atoms with Crippen molar-refractivity contribution in [1.82, 2.24) is 0 Å². The Kier molecular flexibility index (Phi) is 8.53. The fourth-order valence-corrected chi connectivity index (χ4v) is 2.88. The van der Waals surface area contributed by atoms with Crippen LogP contribution < -0.4 is 0 Å². The van der Waals surface area contributed by atoms with Crippen molar-refractivity contribution in [3.8, 4) is 0 Å². The van der Waals surface area contributed by atoms with Crippen molar-refractivity contribution in [2.75, 3.05) is 24.7 Å². The maximum Gasteiger partial charge on any atom is 0.304 e. The van der Waals surface area contributed by atoms with Crippen molar-refractivity contribution in [3.63, 3.8) is 0 Å². The third kappa shape index (κ3) is 6.09. The van der Waals surface area contributed by atoms with Crippen LogP contribution in [0.2, 0.25) is 0 Å². The van der Waals surface area contributed by atoms with Gasteiger partial charge < -0.3 is 29.9 Å². The van der Waals surface area contributed by atoms with Crippen LogP contribution in [-0.4, -0.2) is 75.7 Å². The summed E-state index contributed by atoms with van der Waals surface area (Å²) in [6.45, 7) is 1.75. The Hall–Kier alpha value is -0.380. The lowest BCUT2D eigenvalue weighted by atomic mass is 9.92. The van der Waals surface area contributed by atoms with Crippen LogP contribution >= 0.6 is 11.8 Å². The number of thioether (sulfide) groups is 1. The van der Waals surface area contributed by atoms with Gasteiger partial charge in [0.05, 0.1) is 25.7 Å². The molecule has 1 saturated heterocycles. The van der Waals surface area contributed by atoms with E-state index in [0.717, 1.165) is 12.2 Å². The number of aliphatic hydroxyl groups is 3. The first-order valence-corrected chi connectivity index (χ1v) is 8.16. The fourth-order valence-electron chi connectivity index (χ4n) is 2.03. The molecule has 0 spiro atoms. The normalized spacial score (nSPS) is 33.0. The van der Waals surface area contributed by atoms with Crippen molar-refractivity contribution in [2.45, 2.75) is 44.4 Å². The van der Waals surface area contributed by atoms with Crippen molar-refractivity contribution >= 4 is 17.7 Å². The molecule has 1 rings (SSSR count). The highest BCUT2D eigenvalue weighted by Gasteiger charge is 2.42. The zero-order valence-electron chi connectivity index (χ0n) is 12.1. The largest absolute Gasteiger partial charge is 0.481 e. The zero-order valence-corrected chi connectivity index (χ0v) is 12.9. The summed E-state index contributed by atoms with van der Waals surface area (Å²) in [6.07, 6.45) is -2.73. The van der Waals surface area contributed by atoms with E-state index in [1.807, 2.05) is 0 Å². The molecule has 0 aliphatic carbocycles. The number of aliphatic carboxylic acids is 1. The zero-order chi connectivity index (χ0) is 15.8. The summed E-state index contributed by atoms with van der Waals surface area (Å²) in [7, 11) is 0. The summed E-state index contributed by atoms with van der Waals surface area (Å²) in [5.74, 6) is 0.166. The van der Waals surface area contributed by atoms with Crippen molar-refractivity contribution < 1.29 is 34.7 Å². The van der Waals surface area contributed by atoms with Gasteiger partial charge in [0.2, 0.25) is 0 Å². The molecule has 1 aliphatic rings. The molecule has 1 fully saturated rings. The Bertz CT molecular complexity index is 313. The first-order valence-electron chi connectivity index (χ1n) is 7.01. The van der Waals surface area contributed by atoms with E-state index in [1.54, 1.807) is 18.7 Å². The lowest BCUT2D eigenvalue weighted by Crippen LogP contribution is -2.55. The highest BCUT2D eigenvalue weighted by atomic mass is 32.2. The maximum absolute atomic E-state index is 10.3. The van der Waals surface area contributed by atoms with E-state index in [2.05, 4.69) is 0 Å². The minimum atomic E-state index is -1.11. The number of aliphatic hydroxyl groups excluding tert-OH is 3. The van der Waals surface area contributed by atoms with Crippen LogP contribution in [0.5, 0.6) is 0 Å². The third-order valence-corrected chi connectivity index (χ3v) is 4.43. The van der Waals surface area contributed by atoms with Gasteiger partial charge in [-0.25, -0.2) is 0 Å². The molecule has 21 heavy (non-hydrogen) atoms. The van der Waals surface area contributed by atoms with E-state index in [0.29, 0.717) is 12.4 Å². The molecule has 124 valence electrons. The van der Waals surface area contributed by atoms with Gasteiger partial charge >= 0.3 is 5.97 Å². The van der Waals surface area contributed by atoms with Gasteiger partial charge in [0, 0.05) is 11.7 Å². The average Bonchev–Trinajstić information content (AvgIpc) is 2.45. The quantitative estimate of drug-likeness (QED) is 0.426. The Morgan fingerprint density at radius 3 is 2.62 bits per heavy atom. The van der Waals surface area contributed by atoms with Crippen LogP contribution in [-0.2, 0) is 14.3 Å². The van der Waals surface area contributed by atoms with Crippen LogP contribution in [0.15, 0.2) is 0 Å². The molecule has 0 aromatic rings.